The first-order valence-corrected chi connectivity index (χ1v) is 10.6. The van der Waals surface area contributed by atoms with E-state index in [1.165, 1.54) is 13.2 Å². The largest absolute Gasteiger partial charge is 0.379 e. The fourth-order valence-electron chi connectivity index (χ4n) is 4.79. The van der Waals surface area contributed by atoms with Gasteiger partial charge in [-0.05, 0) is 25.8 Å². The summed E-state index contributed by atoms with van der Waals surface area (Å²) in [5.74, 6) is 0.299. The van der Waals surface area contributed by atoms with Crippen LogP contribution in [0.15, 0.2) is 15.8 Å². The van der Waals surface area contributed by atoms with Gasteiger partial charge in [0.2, 0.25) is 5.91 Å². The van der Waals surface area contributed by atoms with E-state index >= 15 is 0 Å². The van der Waals surface area contributed by atoms with Crippen LogP contribution >= 0.6 is 0 Å². The predicted molar refractivity (Wildman–Crippen MR) is 108 cm³/mol. The molecule has 4 rings (SSSR count). The van der Waals surface area contributed by atoms with Gasteiger partial charge in [0.15, 0.2) is 0 Å². The van der Waals surface area contributed by atoms with Crippen molar-refractivity contribution in [2.75, 3.05) is 65.6 Å². The van der Waals surface area contributed by atoms with Crippen LogP contribution in [0.1, 0.15) is 18.4 Å². The molecule has 160 valence electrons. The molecule has 0 saturated carbocycles. The Morgan fingerprint density at radius 3 is 2.55 bits per heavy atom. The number of hydrogen-bond donors (Lipinski definition) is 1. The van der Waals surface area contributed by atoms with Gasteiger partial charge in [-0.3, -0.25) is 19.1 Å². The molecule has 29 heavy (non-hydrogen) atoms. The summed E-state index contributed by atoms with van der Waals surface area (Å²) < 4.78 is 6.49. The highest BCUT2D eigenvalue weighted by Crippen LogP contribution is 2.40. The number of aromatic amines is 1. The topological polar surface area (TPSA) is 90.9 Å². The van der Waals surface area contributed by atoms with E-state index in [0.717, 1.165) is 83.0 Å². The van der Waals surface area contributed by atoms with E-state index in [1.807, 2.05) is 4.90 Å². The second-order valence-corrected chi connectivity index (χ2v) is 8.54. The third-order valence-corrected chi connectivity index (χ3v) is 6.78. The highest BCUT2D eigenvalue weighted by Gasteiger charge is 2.50. The summed E-state index contributed by atoms with van der Waals surface area (Å²) in [7, 11) is 1.48. The van der Waals surface area contributed by atoms with E-state index in [-0.39, 0.29) is 11.0 Å². The Labute approximate surface area is 170 Å². The maximum Gasteiger partial charge on any atom is 0.328 e. The number of amides is 1. The summed E-state index contributed by atoms with van der Waals surface area (Å²) in [6.07, 6.45) is 3.91. The van der Waals surface area contributed by atoms with E-state index in [0.29, 0.717) is 17.9 Å². The monoisotopic (exact) mass is 405 g/mol. The van der Waals surface area contributed by atoms with E-state index in [2.05, 4.69) is 14.8 Å². The van der Waals surface area contributed by atoms with Gasteiger partial charge in [-0.25, -0.2) is 4.79 Å². The molecule has 3 saturated heterocycles. The highest BCUT2D eigenvalue weighted by molar-refractivity contribution is 5.85. The average molecular weight is 405 g/mol. The molecular weight excluding hydrogens is 374 g/mol. The molecule has 0 aliphatic carbocycles. The Morgan fingerprint density at radius 2 is 1.76 bits per heavy atom. The van der Waals surface area contributed by atoms with Crippen molar-refractivity contribution < 1.29 is 9.53 Å². The second-order valence-electron chi connectivity index (χ2n) is 8.54. The molecule has 0 bridgehead atoms. The number of H-pyrrole nitrogens is 1. The number of rotatable bonds is 6. The minimum Gasteiger partial charge on any atom is -0.379 e. The van der Waals surface area contributed by atoms with Gasteiger partial charge in [0.05, 0.1) is 18.6 Å². The molecule has 3 fully saturated rings. The lowest BCUT2D eigenvalue weighted by Gasteiger charge is -2.29. The van der Waals surface area contributed by atoms with Crippen LogP contribution in [-0.4, -0.2) is 95.7 Å². The maximum atomic E-state index is 13.1. The van der Waals surface area contributed by atoms with E-state index in [9.17, 15) is 14.4 Å². The SMILES string of the molecule is Cn1c(=O)[nH]cc(CCN2CCC3(CCN(CCN4CCOCC4)C3=O)C2)c1=O. The minimum absolute atomic E-state index is 0.242. The van der Waals surface area contributed by atoms with Gasteiger partial charge in [-0.1, -0.05) is 0 Å². The van der Waals surface area contributed by atoms with Crippen molar-refractivity contribution in [2.24, 2.45) is 12.5 Å². The highest BCUT2D eigenvalue weighted by atomic mass is 16.5. The fraction of sp³-hybridized carbons (Fsp3) is 0.750. The molecule has 3 aliphatic rings. The average Bonchev–Trinajstić information content (AvgIpc) is 3.29. The van der Waals surface area contributed by atoms with Crippen molar-refractivity contribution >= 4 is 5.91 Å². The molecule has 1 spiro atoms. The van der Waals surface area contributed by atoms with Gasteiger partial charge in [-0.2, -0.15) is 0 Å². The third-order valence-electron chi connectivity index (χ3n) is 6.78. The molecule has 9 heteroatoms. The van der Waals surface area contributed by atoms with Crippen LogP contribution in [0, 0.1) is 5.41 Å². The number of carbonyl (C=O) groups is 1. The van der Waals surface area contributed by atoms with Crippen LogP contribution in [-0.2, 0) is 23.0 Å². The molecule has 9 nitrogen and oxygen atoms in total. The summed E-state index contributed by atoms with van der Waals surface area (Å²) in [6, 6.07) is 0. The van der Waals surface area contributed by atoms with Crippen molar-refractivity contribution in [3.63, 3.8) is 0 Å². The Balaban J connectivity index is 1.29. The summed E-state index contributed by atoms with van der Waals surface area (Å²) in [6.45, 7) is 8.41. The molecule has 1 N–H and O–H groups in total. The van der Waals surface area contributed by atoms with Gasteiger partial charge in [0.25, 0.3) is 5.56 Å². The van der Waals surface area contributed by atoms with Crippen molar-refractivity contribution in [1.29, 1.82) is 0 Å². The summed E-state index contributed by atoms with van der Waals surface area (Å²) in [4.78, 5) is 46.1. The zero-order chi connectivity index (χ0) is 20.4. The van der Waals surface area contributed by atoms with Crippen LogP contribution < -0.4 is 11.2 Å². The zero-order valence-corrected chi connectivity index (χ0v) is 17.2. The van der Waals surface area contributed by atoms with E-state index in [4.69, 9.17) is 4.74 Å². The van der Waals surface area contributed by atoms with E-state index < -0.39 is 5.69 Å². The van der Waals surface area contributed by atoms with Crippen molar-refractivity contribution in [2.45, 2.75) is 19.3 Å². The first-order chi connectivity index (χ1) is 14.0. The fourth-order valence-corrected chi connectivity index (χ4v) is 4.79. The van der Waals surface area contributed by atoms with Gasteiger partial charge in [-0.15, -0.1) is 0 Å². The van der Waals surface area contributed by atoms with Crippen LogP contribution in [0.25, 0.3) is 0 Å². The summed E-state index contributed by atoms with van der Waals surface area (Å²) >= 11 is 0. The van der Waals surface area contributed by atoms with Gasteiger partial charge >= 0.3 is 5.69 Å². The molecule has 0 radical (unpaired) electrons. The number of nitrogens with one attached hydrogen (secondary N) is 1. The molecule has 1 aromatic rings. The molecule has 1 atom stereocenters. The Morgan fingerprint density at radius 1 is 1.00 bits per heavy atom. The van der Waals surface area contributed by atoms with Crippen LogP contribution in [0.3, 0.4) is 0 Å². The molecular formula is C20H31N5O4. The number of hydrogen-bond acceptors (Lipinski definition) is 6. The van der Waals surface area contributed by atoms with Crippen LogP contribution in [0.2, 0.25) is 0 Å². The first kappa shape index (κ1) is 20.3. The molecule has 1 amide bonds. The molecule has 0 aromatic carbocycles. The first-order valence-electron chi connectivity index (χ1n) is 10.6. The lowest BCUT2D eigenvalue weighted by atomic mass is 9.85. The quantitative estimate of drug-likeness (QED) is 0.644. The van der Waals surface area contributed by atoms with Gasteiger partial charge in [0.1, 0.15) is 0 Å². The summed E-state index contributed by atoms with van der Waals surface area (Å²) in [5, 5.41) is 0. The van der Waals surface area contributed by atoms with Crippen molar-refractivity contribution in [3.8, 4) is 0 Å². The second kappa shape index (κ2) is 8.41. The maximum absolute atomic E-state index is 13.1. The van der Waals surface area contributed by atoms with Gasteiger partial charge < -0.3 is 19.5 Å². The van der Waals surface area contributed by atoms with Crippen LogP contribution in [0.4, 0.5) is 0 Å². The normalized spacial score (nSPS) is 26.1. The Hall–Kier alpha value is -1.97. The Kier molecular flexibility index (Phi) is 5.89. The standard InChI is InChI=1S/C20H31N5O4/c1-22-17(26)16(14-21-19(22)28)2-5-24-6-3-20(15-24)4-7-25(18(20)27)9-8-23-10-12-29-13-11-23/h14H,2-13,15H2,1H3,(H,21,28). The number of ether oxygens (including phenoxy) is 1. The van der Waals surface area contributed by atoms with E-state index in [1.54, 1.807) is 0 Å². The molecule has 1 aromatic heterocycles. The number of carbonyl (C=O) groups excluding carboxylic acids is 1. The smallest absolute Gasteiger partial charge is 0.328 e. The van der Waals surface area contributed by atoms with Crippen molar-refractivity contribution in [3.05, 3.63) is 32.6 Å². The third kappa shape index (κ3) is 4.17. The number of nitrogens with zero attached hydrogens (tertiary/aromatic N) is 4. The number of aromatic nitrogens is 2. The molecule has 4 heterocycles. The molecule has 3 aliphatic heterocycles. The number of likely N-dealkylation sites (tertiary alicyclic amines) is 2. The lowest BCUT2D eigenvalue weighted by molar-refractivity contribution is -0.135. The zero-order valence-electron chi connectivity index (χ0n) is 17.2. The van der Waals surface area contributed by atoms with Crippen LogP contribution in [0.5, 0.6) is 0 Å². The lowest BCUT2D eigenvalue weighted by Crippen LogP contribution is -2.43. The van der Waals surface area contributed by atoms with Gasteiger partial charge in [0, 0.05) is 64.6 Å². The Bertz CT molecular complexity index is 859. The number of morpholine rings is 1. The predicted octanol–water partition coefficient (Wildman–Crippen LogP) is -1.13. The summed E-state index contributed by atoms with van der Waals surface area (Å²) in [5.41, 5.74) is -0.277. The molecule has 1 unspecified atom stereocenters. The van der Waals surface area contributed by atoms with Crippen molar-refractivity contribution in [1.82, 2.24) is 24.3 Å². The minimum atomic E-state index is -0.396.